The first kappa shape index (κ1) is 15.1. The van der Waals surface area contributed by atoms with Crippen molar-refractivity contribution in [2.45, 2.75) is 57.6 Å². The van der Waals surface area contributed by atoms with Gasteiger partial charge in [0, 0.05) is 44.4 Å². The van der Waals surface area contributed by atoms with Crippen LogP contribution in [0.1, 0.15) is 44.1 Å². The molecule has 1 aromatic heterocycles. The first-order valence-electron chi connectivity index (χ1n) is 8.21. The van der Waals surface area contributed by atoms with Gasteiger partial charge >= 0.3 is 12.0 Å². The van der Waals surface area contributed by atoms with E-state index >= 15 is 0 Å². The molecule has 1 saturated heterocycles. The van der Waals surface area contributed by atoms with E-state index < -0.39 is 0 Å². The van der Waals surface area contributed by atoms with Crippen molar-refractivity contribution in [2.75, 3.05) is 13.1 Å². The second kappa shape index (κ2) is 6.94. The number of aryl methyl sites for hydroxylation is 1. The number of hydrogen-bond donors (Lipinski definition) is 1. The van der Waals surface area contributed by atoms with Crippen LogP contribution < -0.4 is 10.1 Å². The number of ether oxygens (including phenoxy) is 1. The Hall–Kier alpha value is -1.85. The molecule has 2 amide bonds. The summed E-state index contributed by atoms with van der Waals surface area (Å²) in [6.07, 6.45) is 9.98. The molecule has 2 aliphatic rings. The topological polar surface area (TPSA) is 67.3 Å². The van der Waals surface area contributed by atoms with Crippen LogP contribution in [0.3, 0.4) is 0 Å². The molecular weight excluding hydrogens is 280 g/mol. The zero-order valence-corrected chi connectivity index (χ0v) is 13.1. The Labute approximate surface area is 131 Å². The van der Waals surface area contributed by atoms with E-state index in [1.54, 1.807) is 12.4 Å². The van der Waals surface area contributed by atoms with Crippen molar-refractivity contribution < 1.29 is 9.53 Å². The molecule has 1 N–H and O–H groups in total. The molecule has 1 aliphatic heterocycles. The highest BCUT2D eigenvalue weighted by molar-refractivity contribution is 5.74. The smallest absolute Gasteiger partial charge is 0.317 e. The van der Waals surface area contributed by atoms with Crippen molar-refractivity contribution in [1.29, 1.82) is 0 Å². The molecule has 0 unspecified atom stereocenters. The maximum absolute atomic E-state index is 12.2. The number of likely N-dealkylation sites (tertiary alicyclic amines) is 1. The van der Waals surface area contributed by atoms with E-state index in [-0.39, 0.29) is 12.1 Å². The van der Waals surface area contributed by atoms with Crippen LogP contribution in [0.15, 0.2) is 12.4 Å². The molecule has 2 heterocycles. The predicted octanol–water partition coefficient (Wildman–Crippen LogP) is 2.28. The summed E-state index contributed by atoms with van der Waals surface area (Å²) in [4.78, 5) is 22.4. The molecule has 0 atom stereocenters. The van der Waals surface area contributed by atoms with E-state index in [0.29, 0.717) is 12.1 Å². The van der Waals surface area contributed by atoms with E-state index in [4.69, 9.17) is 4.74 Å². The van der Waals surface area contributed by atoms with E-state index in [1.807, 2.05) is 11.8 Å². The number of hydrogen-bond acceptors (Lipinski definition) is 4. The highest BCUT2D eigenvalue weighted by atomic mass is 16.5. The number of aromatic nitrogens is 2. The van der Waals surface area contributed by atoms with E-state index in [0.717, 1.165) is 44.3 Å². The zero-order valence-electron chi connectivity index (χ0n) is 13.1. The van der Waals surface area contributed by atoms with Crippen molar-refractivity contribution in [1.82, 2.24) is 20.2 Å². The lowest BCUT2D eigenvalue weighted by Crippen LogP contribution is -2.48. The molecule has 1 saturated carbocycles. The molecule has 22 heavy (non-hydrogen) atoms. The minimum atomic E-state index is 0.0805. The molecule has 0 radical (unpaired) electrons. The summed E-state index contributed by atoms with van der Waals surface area (Å²) in [6.45, 7) is 3.41. The van der Waals surface area contributed by atoms with Gasteiger partial charge in [-0.25, -0.2) is 14.8 Å². The Morgan fingerprint density at radius 2 is 1.82 bits per heavy atom. The maximum atomic E-state index is 12.2. The predicted molar refractivity (Wildman–Crippen MR) is 82.8 cm³/mol. The van der Waals surface area contributed by atoms with Crippen LogP contribution in [-0.2, 0) is 0 Å². The van der Waals surface area contributed by atoms with Gasteiger partial charge in [0.15, 0.2) is 0 Å². The van der Waals surface area contributed by atoms with Gasteiger partial charge in [-0.1, -0.05) is 12.8 Å². The summed E-state index contributed by atoms with van der Waals surface area (Å²) in [6, 6.07) is 0.888. The van der Waals surface area contributed by atoms with Gasteiger partial charge in [-0.15, -0.1) is 0 Å². The van der Waals surface area contributed by atoms with Crippen molar-refractivity contribution in [3.63, 3.8) is 0 Å². The summed E-state index contributed by atoms with van der Waals surface area (Å²) in [5.41, 5.74) is 1.02. The molecule has 0 bridgehead atoms. The zero-order chi connectivity index (χ0) is 15.4. The second-order valence-corrected chi connectivity index (χ2v) is 6.28. The van der Waals surface area contributed by atoms with Gasteiger partial charge in [0.25, 0.3) is 0 Å². The van der Waals surface area contributed by atoms with Gasteiger partial charge in [0.05, 0.1) is 0 Å². The quantitative estimate of drug-likeness (QED) is 0.930. The van der Waals surface area contributed by atoms with Crippen LogP contribution in [0.4, 0.5) is 4.79 Å². The largest absolute Gasteiger partial charge is 0.460 e. The first-order chi connectivity index (χ1) is 10.7. The number of nitrogens with zero attached hydrogens (tertiary/aromatic N) is 3. The Morgan fingerprint density at radius 3 is 2.45 bits per heavy atom. The maximum Gasteiger partial charge on any atom is 0.317 e. The van der Waals surface area contributed by atoms with Crippen molar-refractivity contribution >= 4 is 6.03 Å². The average Bonchev–Trinajstić information content (AvgIpc) is 3.03. The standard InChI is InChI=1S/C16H24N4O2/c1-12-10-17-15(18-11-12)22-14-6-8-20(9-7-14)16(21)19-13-4-2-3-5-13/h10-11,13-14H,2-9H2,1H3,(H,19,21). The van der Waals surface area contributed by atoms with Crippen LogP contribution in [0.25, 0.3) is 0 Å². The highest BCUT2D eigenvalue weighted by Crippen LogP contribution is 2.19. The summed E-state index contributed by atoms with van der Waals surface area (Å²) < 4.78 is 5.79. The minimum absolute atomic E-state index is 0.0805. The van der Waals surface area contributed by atoms with Crippen LogP contribution in [0.5, 0.6) is 6.01 Å². The number of carbonyl (C=O) groups excluding carboxylic acids is 1. The third-order valence-corrected chi connectivity index (χ3v) is 4.44. The van der Waals surface area contributed by atoms with Crippen LogP contribution in [0.2, 0.25) is 0 Å². The Kier molecular flexibility index (Phi) is 4.75. The number of rotatable bonds is 3. The van der Waals surface area contributed by atoms with Crippen LogP contribution >= 0.6 is 0 Å². The van der Waals surface area contributed by atoms with E-state index in [2.05, 4.69) is 15.3 Å². The third kappa shape index (κ3) is 3.87. The number of carbonyl (C=O) groups is 1. The lowest BCUT2D eigenvalue weighted by atomic mass is 10.1. The molecular formula is C16H24N4O2. The van der Waals surface area contributed by atoms with Crippen molar-refractivity contribution in [3.8, 4) is 6.01 Å². The van der Waals surface area contributed by atoms with Gasteiger partial charge in [0.1, 0.15) is 6.10 Å². The molecule has 0 spiro atoms. The van der Waals surface area contributed by atoms with Gasteiger partial charge in [-0.05, 0) is 25.3 Å². The molecule has 6 heteroatoms. The Morgan fingerprint density at radius 1 is 1.18 bits per heavy atom. The summed E-state index contributed by atoms with van der Waals surface area (Å²) in [5, 5.41) is 3.14. The van der Waals surface area contributed by atoms with Gasteiger partial charge in [-0.3, -0.25) is 0 Å². The van der Waals surface area contributed by atoms with Crippen molar-refractivity contribution in [3.05, 3.63) is 18.0 Å². The van der Waals surface area contributed by atoms with Gasteiger partial charge in [-0.2, -0.15) is 0 Å². The number of amides is 2. The SMILES string of the molecule is Cc1cnc(OC2CCN(C(=O)NC3CCCC3)CC2)nc1. The molecule has 2 fully saturated rings. The summed E-state index contributed by atoms with van der Waals surface area (Å²) >= 11 is 0. The Balaban J connectivity index is 1.43. The number of nitrogens with one attached hydrogen (secondary N) is 1. The molecule has 1 aliphatic carbocycles. The molecule has 120 valence electrons. The first-order valence-corrected chi connectivity index (χ1v) is 8.21. The fraction of sp³-hybridized carbons (Fsp3) is 0.688. The van der Waals surface area contributed by atoms with Crippen molar-refractivity contribution in [2.24, 2.45) is 0 Å². The monoisotopic (exact) mass is 304 g/mol. The van der Waals surface area contributed by atoms with Crippen LogP contribution in [0, 0.1) is 6.92 Å². The fourth-order valence-corrected chi connectivity index (χ4v) is 3.10. The minimum Gasteiger partial charge on any atom is -0.460 e. The van der Waals surface area contributed by atoms with Gasteiger partial charge in [0.2, 0.25) is 0 Å². The van der Waals surface area contributed by atoms with E-state index in [9.17, 15) is 4.79 Å². The lowest BCUT2D eigenvalue weighted by molar-refractivity contribution is 0.102. The number of piperidine rings is 1. The second-order valence-electron chi connectivity index (χ2n) is 6.28. The average molecular weight is 304 g/mol. The summed E-state index contributed by atoms with van der Waals surface area (Å²) in [7, 11) is 0. The van der Waals surface area contributed by atoms with Gasteiger partial charge < -0.3 is 15.0 Å². The normalized spacial score (nSPS) is 20.1. The molecule has 1 aromatic rings. The summed E-state index contributed by atoms with van der Waals surface area (Å²) in [5.74, 6) is 0. The number of urea groups is 1. The van der Waals surface area contributed by atoms with E-state index in [1.165, 1.54) is 12.8 Å². The third-order valence-electron chi connectivity index (χ3n) is 4.44. The fourth-order valence-electron chi connectivity index (χ4n) is 3.10. The lowest BCUT2D eigenvalue weighted by Gasteiger charge is -2.32. The Bertz CT molecular complexity index is 491. The van der Waals surface area contributed by atoms with Crippen LogP contribution in [-0.4, -0.2) is 46.1 Å². The highest BCUT2D eigenvalue weighted by Gasteiger charge is 2.26. The molecule has 0 aromatic carbocycles. The molecule has 6 nitrogen and oxygen atoms in total. The molecule has 3 rings (SSSR count).